The van der Waals surface area contributed by atoms with E-state index in [1.165, 1.54) is 6.07 Å². The van der Waals surface area contributed by atoms with Gasteiger partial charge in [0.05, 0.1) is 5.56 Å². The monoisotopic (exact) mass is 336 g/mol. The van der Waals surface area contributed by atoms with Crippen molar-refractivity contribution in [1.82, 2.24) is 0 Å². The molecule has 1 heterocycles. The molecule has 0 amide bonds. The van der Waals surface area contributed by atoms with Crippen molar-refractivity contribution in [3.05, 3.63) is 47.2 Å². The summed E-state index contributed by atoms with van der Waals surface area (Å²) in [5.41, 5.74) is -1.59. The van der Waals surface area contributed by atoms with Gasteiger partial charge in [0.1, 0.15) is 5.76 Å². The van der Waals surface area contributed by atoms with E-state index in [1.807, 2.05) is 0 Å². The predicted octanol–water partition coefficient (Wildman–Crippen LogP) is 6.28. The van der Waals surface area contributed by atoms with E-state index < -0.39 is 29.1 Å². The van der Waals surface area contributed by atoms with E-state index in [0.717, 1.165) is 24.3 Å². The number of furan rings is 1. The van der Waals surface area contributed by atoms with E-state index in [0.29, 0.717) is 0 Å². The average Bonchev–Trinajstić information content (AvgIpc) is 2.82. The highest BCUT2D eigenvalue weighted by Crippen LogP contribution is 2.42. The fourth-order valence-electron chi connectivity index (χ4n) is 2.12. The molecule has 0 radical (unpaired) electrons. The molecule has 0 N–H and O–H groups in total. The molecule has 1 aromatic heterocycles. The van der Waals surface area contributed by atoms with Gasteiger partial charge >= 0.3 is 12.4 Å². The minimum absolute atomic E-state index is 0.0418. The van der Waals surface area contributed by atoms with Gasteiger partial charge in [0.15, 0.2) is 0 Å². The first kappa shape index (κ1) is 17.4. The van der Waals surface area contributed by atoms with Gasteiger partial charge in [-0.05, 0) is 23.6 Å². The summed E-state index contributed by atoms with van der Waals surface area (Å²) < 4.78 is 81.8. The summed E-state index contributed by atoms with van der Waals surface area (Å²) >= 11 is 0. The lowest BCUT2D eigenvalue weighted by Gasteiger charge is -2.18. The molecular weight excluding hydrogens is 322 g/mol. The molecule has 23 heavy (non-hydrogen) atoms. The number of benzene rings is 1. The summed E-state index contributed by atoms with van der Waals surface area (Å²) in [7, 11) is 0. The fraction of sp³-hybridized carbons (Fsp3) is 0.375. The molecule has 0 saturated carbocycles. The summed E-state index contributed by atoms with van der Waals surface area (Å²) in [6, 6.07) is 5.03. The molecular formula is C16H14F6O. The molecule has 0 saturated heterocycles. The van der Waals surface area contributed by atoms with Crippen LogP contribution in [-0.2, 0) is 17.8 Å². The molecule has 0 fully saturated rings. The van der Waals surface area contributed by atoms with Crippen LogP contribution in [0.3, 0.4) is 0 Å². The second-order valence-electron chi connectivity index (χ2n) is 6.18. The summed E-state index contributed by atoms with van der Waals surface area (Å²) in [5.74, 6) is -1.24. The highest BCUT2D eigenvalue weighted by molar-refractivity contribution is 5.60. The van der Waals surface area contributed by atoms with Crippen molar-refractivity contribution < 1.29 is 30.8 Å². The highest BCUT2D eigenvalue weighted by Gasteiger charge is 2.41. The Bertz CT molecular complexity index is 652. The van der Waals surface area contributed by atoms with Gasteiger partial charge in [-0.1, -0.05) is 32.9 Å². The van der Waals surface area contributed by atoms with Crippen molar-refractivity contribution in [2.24, 2.45) is 0 Å². The van der Waals surface area contributed by atoms with Crippen molar-refractivity contribution in [3.63, 3.8) is 0 Å². The number of hydrogen-bond acceptors (Lipinski definition) is 1. The van der Waals surface area contributed by atoms with Gasteiger partial charge in [0.25, 0.3) is 0 Å². The van der Waals surface area contributed by atoms with Crippen LogP contribution >= 0.6 is 0 Å². The van der Waals surface area contributed by atoms with Crippen molar-refractivity contribution >= 4 is 0 Å². The van der Waals surface area contributed by atoms with E-state index in [1.54, 1.807) is 20.8 Å². The van der Waals surface area contributed by atoms with Crippen molar-refractivity contribution in [3.8, 4) is 11.3 Å². The summed E-state index contributed by atoms with van der Waals surface area (Å²) in [5, 5.41) is 0. The first-order valence-electron chi connectivity index (χ1n) is 6.69. The number of alkyl halides is 6. The second-order valence-corrected chi connectivity index (χ2v) is 6.18. The van der Waals surface area contributed by atoms with Crippen molar-refractivity contribution in [1.29, 1.82) is 0 Å². The number of rotatable bonds is 1. The Hall–Kier alpha value is -1.92. The number of hydrogen-bond donors (Lipinski definition) is 0. The summed E-state index contributed by atoms with van der Waals surface area (Å²) in [6.07, 6.45) is -9.18. The third-order valence-electron chi connectivity index (χ3n) is 3.29. The molecule has 0 aliphatic heterocycles. The van der Waals surface area contributed by atoms with Gasteiger partial charge < -0.3 is 4.42 Å². The highest BCUT2D eigenvalue weighted by atomic mass is 19.4. The van der Waals surface area contributed by atoms with Crippen LogP contribution < -0.4 is 0 Å². The van der Waals surface area contributed by atoms with Crippen LogP contribution in [0.1, 0.15) is 37.7 Å². The molecule has 0 aliphatic carbocycles. The quantitative estimate of drug-likeness (QED) is 0.558. The zero-order valence-corrected chi connectivity index (χ0v) is 12.6. The Morgan fingerprint density at radius 2 is 1.30 bits per heavy atom. The molecule has 0 aliphatic rings. The molecule has 2 rings (SSSR count). The van der Waals surface area contributed by atoms with E-state index in [4.69, 9.17) is 4.42 Å². The number of halogens is 6. The van der Waals surface area contributed by atoms with Crippen molar-refractivity contribution in [2.75, 3.05) is 0 Å². The van der Waals surface area contributed by atoms with Gasteiger partial charge in [-0.25, -0.2) is 0 Å². The normalized spacial score (nSPS) is 13.4. The van der Waals surface area contributed by atoms with Crippen LogP contribution in [0.4, 0.5) is 26.3 Å². The van der Waals surface area contributed by atoms with Crippen LogP contribution in [0.25, 0.3) is 11.3 Å². The van der Waals surface area contributed by atoms with Crippen LogP contribution in [0.15, 0.2) is 34.7 Å². The SMILES string of the molecule is CC(C)(C)c1cc(-c2ccc(C(F)(F)F)cc2)oc1C(F)(F)F. The molecule has 1 aromatic carbocycles. The third kappa shape index (κ3) is 3.71. The van der Waals surface area contributed by atoms with Gasteiger partial charge in [0.2, 0.25) is 5.76 Å². The molecule has 7 heteroatoms. The van der Waals surface area contributed by atoms with Crippen LogP contribution in [0.5, 0.6) is 0 Å². The average molecular weight is 336 g/mol. The van der Waals surface area contributed by atoms with E-state index >= 15 is 0 Å². The standard InChI is InChI=1S/C16H14F6O/c1-14(2,3)11-8-12(23-13(11)16(20,21)22)9-4-6-10(7-5-9)15(17,18)19/h4-8H,1-3H3. The maximum Gasteiger partial charge on any atom is 0.449 e. The lowest BCUT2D eigenvalue weighted by molar-refractivity contribution is -0.153. The summed E-state index contributed by atoms with van der Waals surface area (Å²) in [6.45, 7) is 4.80. The first-order valence-corrected chi connectivity index (χ1v) is 6.69. The molecule has 2 aromatic rings. The Morgan fingerprint density at radius 3 is 1.65 bits per heavy atom. The third-order valence-corrected chi connectivity index (χ3v) is 3.29. The maximum absolute atomic E-state index is 13.1. The van der Waals surface area contributed by atoms with E-state index in [2.05, 4.69) is 0 Å². The van der Waals surface area contributed by atoms with E-state index in [-0.39, 0.29) is 16.9 Å². The zero-order chi connectivity index (χ0) is 17.6. The first-order chi connectivity index (χ1) is 10.3. The Kier molecular flexibility index (Phi) is 4.03. The largest absolute Gasteiger partial charge is 0.451 e. The van der Waals surface area contributed by atoms with Crippen molar-refractivity contribution in [2.45, 2.75) is 38.5 Å². The molecule has 0 atom stereocenters. The lowest BCUT2D eigenvalue weighted by atomic mass is 9.86. The molecule has 126 valence electrons. The smallest absolute Gasteiger partial charge is 0.449 e. The Morgan fingerprint density at radius 1 is 0.783 bits per heavy atom. The van der Waals surface area contributed by atoms with Gasteiger partial charge in [-0.15, -0.1) is 0 Å². The molecule has 1 nitrogen and oxygen atoms in total. The maximum atomic E-state index is 13.1. The minimum Gasteiger partial charge on any atom is -0.451 e. The van der Waals surface area contributed by atoms with Crippen LogP contribution in [0, 0.1) is 0 Å². The fourth-order valence-corrected chi connectivity index (χ4v) is 2.12. The second kappa shape index (κ2) is 5.32. The van der Waals surface area contributed by atoms with Crippen LogP contribution in [-0.4, -0.2) is 0 Å². The lowest BCUT2D eigenvalue weighted by Crippen LogP contribution is -2.17. The van der Waals surface area contributed by atoms with Crippen LogP contribution in [0.2, 0.25) is 0 Å². The zero-order valence-electron chi connectivity index (χ0n) is 12.6. The van der Waals surface area contributed by atoms with Gasteiger partial charge in [-0.2, -0.15) is 26.3 Å². The van der Waals surface area contributed by atoms with Gasteiger partial charge in [-0.3, -0.25) is 0 Å². The molecule has 0 spiro atoms. The minimum atomic E-state index is -4.67. The summed E-state index contributed by atoms with van der Waals surface area (Å²) in [4.78, 5) is 0. The predicted molar refractivity (Wildman–Crippen MR) is 72.8 cm³/mol. The molecule has 0 bridgehead atoms. The molecule has 0 unspecified atom stereocenters. The van der Waals surface area contributed by atoms with Gasteiger partial charge in [0, 0.05) is 11.1 Å². The Balaban J connectivity index is 2.51. The van der Waals surface area contributed by atoms with E-state index in [9.17, 15) is 26.3 Å². The Labute approximate surface area is 128 Å². The topological polar surface area (TPSA) is 13.1 Å².